The van der Waals surface area contributed by atoms with Crippen molar-refractivity contribution >= 4 is 50.9 Å². The monoisotopic (exact) mass is 599 g/mol. The lowest BCUT2D eigenvalue weighted by atomic mass is 10.1. The van der Waals surface area contributed by atoms with Gasteiger partial charge in [0.1, 0.15) is 11.5 Å². The van der Waals surface area contributed by atoms with Crippen molar-refractivity contribution in [3.63, 3.8) is 0 Å². The van der Waals surface area contributed by atoms with Crippen LogP contribution >= 0.6 is 11.6 Å². The van der Waals surface area contributed by atoms with Gasteiger partial charge in [0.25, 0.3) is 21.7 Å². The lowest BCUT2D eigenvalue weighted by Gasteiger charge is -2.12. The largest absolute Gasteiger partial charge is 0.508 e. The van der Waals surface area contributed by atoms with E-state index in [4.69, 9.17) is 27.5 Å². The number of nitrogens with one attached hydrogen (secondary N) is 2. The first-order valence-corrected chi connectivity index (χ1v) is 13.7. The zero-order chi connectivity index (χ0) is 29.3. The first kappa shape index (κ1) is 27.5. The Morgan fingerprint density at radius 1 is 1.12 bits per heavy atom. The van der Waals surface area contributed by atoms with Crippen LogP contribution in [-0.2, 0) is 16.4 Å². The number of phenols is 2. The van der Waals surface area contributed by atoms with Crippen molar-refractivity contribution in [3.05, 3.63) is 64.9 Å². The number of hydrogen-bond donors (Lipinski definition) is 6. The quantitative estimate of drug-likeness (QED) is 0.127. The number of halogens is 1. The van der Waals surface area contributed by atoms with E-state index in [1.807, 2.05) is 0 Å². The number of sulfonamides is 1. The number of nitrogens with zero attached hydrogens (tertiary/aromatic N) is 5. The molecule has 41 heavy (non-hydrogen) atoms. The van der Waals surface area contributed by atoms with Gasteiger partial charge in [0.2, 0.25) is 17.7 Å². The summed E-state index contributed by atoms with van der Waals surface area (Å²) in [7, 11) is -4.24. The van der Waals surface area contributed by atoms with Crippen LogP contribution in [0.3, 0.4) is 0 Å². The number of hydrogen-bond acceptors (Lipinski definition) is 12. The van der Waals surface area contributed by atoms with Gasteiger partial charge in [-0.3, -0.25) is 9.52 Å². The van der Waals surface area contributed by atoms with Crippen LogP contribution < -0.4 is 21.5 Å². The minimum Gasteiger partial charge on any atom is -0.508 e. The van der Waals surface area contributed by atoms with Crippen molar-refractivity contribution in [2.24, 2.45) is 5.73 Å². The number of nitrogen functional groups attached to an aromatic ring is 1. The van der Waals surface area contributed by atoms with Gasteiger partial charge in [-0.2, -0.15) is 19.5 Å². The molecular weight excluding hydrogens is 578 g/mol. The first-order chi connectivity index (χ1) is 19.5. The molecule has 17 heteroatoms. The molecule has 1 amide bonds. The molecule has 212 valence electrons. The van der Waals surface area contributed by atoms with Gasteiger partial charge in [-0.15, -0.1) is 5.10 Å². The van der Waals surface area contributed by atoms with Crippen LogP contribution in [-0.4, -0.2) is 55.6 Å². The Bertz CT molecular complexity index is 1880. The number of fused-ring (bicyclic) bond motifs is 1. The third kappa shape index (κ3) is 5.78. The van der Waals surface area contributed by atoms with Gasteiger partial charge in [-0.25, -0.2) is 8.42 Å². The molecule has 5 rings (SSSR count). The third-order valence-electron chi connectivity index (χ3n) is 5.83. The molecule has 15 nitrogen and oxygen atoms in total. The maximum Gasteiger partial charge on any atom is 0.261 e. The van der Waals surface area contributed by atoms with Crippen molar-refractivity contribution in [2.75, 3.05) is 22.3 Å². The molecule has 0 radical (unpaired) electrons. The van der Waals surface area contributed by atoms with Crippen molar-refractivity contribution in [1.29, 1.82) is 0 Å². The van der Waals surface area contributed by atoms with Crippen molar-refractivity contribution in [2.45, 2.75) is 17.7 Å². The molecule has 0 spiro atoms. The van der Waals surface area contributed by atoms with E-state index in [2.05, 4.69) is 30.1 Å². The molecule has 0 atom stereocenters. The lowest BCUT2D eigenvalue weighted by molar-refractivity contribution is 0.0997. The number of carbonyl (C=O) groups excluding carboxylic acids is 1. The SMILES string of the molecule is NC(=O)c1cc(S(=O)(=O)Nc2ccc(CCCNc3nc(N)n4nc(-c5ccco5)nc4n3)c(O)c2)cc(Cl)c1O. The van der Waals surface area contributed by atoms with Gasteiger partial charge in [0.15, 0.2) is 5.76 Å². The fraction of sp³-hybridized carbons (Fsp3) is 0.125. The molecule has 0 saturated heterocycles. The number of primary amides is 1. The highest BCUT2D eigenvalue weighted by Crippen LogP contribution is 2.32. The molecule has 0 aliphatic heterocycles. The van der Waals surface area contributed by atoms with Crippen LogP contribution in [0, 0.1) is 0 Å². The van der Waals surface area contributed by atoms with E-state index >= 15 is 0 Å². The number of rotatable bonds is 10. The summed E-state index contributed by atoms with van der Waals surface area (Å²) in [5.74, 6) is -0.462. The van der Waals surface area contributed by atoms with E-state index in [0.29, 0.717) is 36.5 Å². The molecule has 8 N–H and O–H groups in total. The van der Waals surface area contributed by atoms with E-state index in [0.717, 1.165) is 12.1 Å². The number of aromatic nitrogens is 5. The average Bonchev–Trinajstić information content (AvgIpc) is 3.59. The summed E-state index contributed by atoms with van der Waals surface area (Å²) in [5, 5.41) is 27.2. The zero-order valence-corrected chi connectivity index (χ0v) is 22.5. The van der Waals surface area contributed by atoms with E-state index in [1.54, 1.807) is 18.2 Å². The lowest BCUT2D eigenvalue weighted by Crippen LogP contribution is -2.16. The Balaban J connectivity index is 1.21. The summed E-state index contributed by atoms with van der Waals surface area (Å²) in [6, 6.07) is 9.59. The topological polar surface area (TPSA) is 237 Å². The Hall–Kier alpha value is -5.09. The molecule has 0 unspecified atom stereocenters. The number of carbonyl (C=O) groups is 1. The van der Waals surface area contributed by atoms with Crippen LogP contribution in [0.5, 0.6) is 11.5 Å². The molecule has 3 heterocycles. The summed E-state index contributed by atoms with van der Waals surface area (Å²) in [6.07, 6.45) is 2.50. The number of amides is 1. The van der Waals surface area contributed by atoms with Gasteiger partial charge in [0, 0.05) is 12.6 Å². The number of aromatic hydroxyl groups is 2. The Labute approximate surface area is 236 Å². The van der Waals surface area contributed by atoms with E-state index in [1.165, 1.54) is 22.9 Å². The van der Waals surface area contributed by atoms with Crippen LogP contribution in [0.2, 0.25) is 5.02 Å². The van der Waals surface area contributed by atoms with E-state index in [-0.39, 0.29) is 34.1 Å². The second kappa shape index (κ2) is 10.8. The van der Waals surface area contributed by atoms with Gasteiger partial charge < -0.3 is 31.4 Å². The molecule has 0 bridgehead atoms. The molecule has 0 fully saturated rings. The van der Waals surface area contributed by atoms with Crippen molar-refractivity contribution in [1.82, 2.24) is 24.6 Å². The number of nitrogens with two attached hydrogens (primary N) is 2. The predicted molar refractivity (Wildman–Crippen MR) is 148 cm³/mol. The van der Waals surface area contributed by atoms with Gasteiger partial charge in [0.05, 0.1) is 27.4 Å². The van der Waals surface area contributed by atoms with Crippen LogP contribution in [0.25, 0.3) is 17.4 Å². The van der Waals surface area contributed by atoms with Gasteiger partial charge in [-0.1, -0.05) is 17.7 Å². The maximum absolute atomic E-state index is 12.8. The van der Waals surface area contributed by atoms with E-state index < -0.39 is 32.1 Å². The second-order valence-corrected chi connectivity index (χ2v) is 10.8. The summed E-state index contributed by atoms with van der Waals surface area (Å²) >= 11 is 5.85. The van der Waals surface area contributed by atoms with Crippen LogP contribution in [0.15, 0.2) is 58.0 Å². The van der Waals surface area contributed by atoms with Crippen LogP contribution in [0.1, 0.15) is 22.3 Å². The predicted octanol–water partition coefficient (Wildman–Crippen LogP) is 2.37. The molecule has 0 saturated carbocycles. The fourth-order valence-corrected chi connectivity index (χ4v) is 5.23. The normalized spacial score (nSPS) is 11.5. The fourth-order valence-electron chi connectivity index (χ4n) is 3.84. The zero-order valence-electron chi connectivity index (χ0n) is 20.9. The Morgan fingerprint density at radius 2 is 1.93 bits per heavy atom. The standard InChI is InChI=1S/C24H22ClN9O6S/c25-16-11-14(10-15(19(16)36)20(26)37)41(38,39)33-13-6-5-12(17(35)9-13)3-1-7-28-23-30-22(27)34-24(31-23)29-21(32-34)18-4-2-8-40-18/h2,4-6,8-11,33,35-36H,1,3,7H2,(H2,26,37)(H3,27,28,29,30,31,32). The third-order valence-corrected chi connectivity index (χ3v) is 7.48. The van der Waals surface area contributed by atoms with Gasteiger partial charge in [-0.05, 0) is 48.7 Å². The van der Waals surface area contributed by atoms with Crippen molar-refractivity contribution in [3.8, 4) is 23.1 Å². The number of phenolic OH excluding ortho intramolecular Hbond substituents is 1. The first-order valence-electron chi connectivity index (χ1n) is 11.9. The Morgan fingerprint density at radius 3 is 2.63 bits per heavy atom. The number of aryl methyl sites for hydroxylation is 1. The number of benzene rings is 2. The molecular formula is C24H22ClN9O6S. The minimum atomic E-state index is -4.24. The molecule has 3 aromatic heterocycles. The summed E-state index contributed by atoms with van der Waals surface area (Å²) < 4.78 is 34.5. The highest BCUT2D eigenvalue weighted by molar-refractivity contribution is 7.92. The average molecular weight is 600 g/mol. The number of furan rings is 1. The van der Waals surface area contributed by atoms with Crippen molar-refractivity contribution < 1.29 is 27.8 Å². The van der Waals surface area contributed by atoms with E-state index in [9.17, 15) is 23.4 Å². The summed E-state index contributed by atoms with van der Waals surface area (Å²) in [6.45, 7) is 0.423. The highest BCUT2D eigenvalue weighted by Gasteiger charge is 2.21. The summed E-state index contributed by atoms with van der Waals surface area (Å²) in [4.78, 5) is 23.9. The smallest absolute Gasteiger partial charge is 0.261 e. The summed E-state index contributed by atoms with van der Waals surface area (Å²) in [5.41, 5.74) is 11.4. The second-order valence-electron chi connectivity index (χ2n) is 8.67. The molecule has 0 aliphatic carbocycles. The minimum absolute atomic E-state index is 0.0635. The maximum atomic E-state index is 12.8. The molecule has 5 aromatic rings. The van der Waals surface area contributed by atoms with Gasteiger partial charge >= 0.3 is 0 Å². The molecule has 0 aliphatic rings. The number of anilines is 3. The van der Waals surface area contributed by atoms with Crippen LogP contribution in [0.4, 0.5) is 17.6 Å². The Kier molecular flexibility index (Phi) is 7.25. The highest BCUT2D eigenvalue weighted by atomic mass is 35.5. The molecule has 2 aromatic carbocycles.